The molecule has 19 heavy (non-hydrogen) atoms. The van der Waals surface area contributed by atoms with Crippen molar-refractivity contribution in [1.29, 1.82) is 0 Å². The zero-order valence-corrected chi connectivity index (χ0v) is 9.71. The first kappa shape index (κ1) is 12.5. The number of H-pyrrole nitrogens is 2. The second-order valence-corrected chi connectivity index (χ2v) is 3.61. The molecule has 0 unspecified atom stereocenters. The maximum atomic E-state index is 11.6. The van der Waals surface area contributed by atoms with Crippen molar-refractivity contribution in [3.8, 4) is 0 Å². The van der Waals surface area contributed by atoms with E-state index in [0.717, 1.165) is 11.6 Å². The fourth-order valence-corrected chi connectivity index (χ4v) is 1.36. The topological polar surface area (TPSA) is 107 Å². The number of hydrogen-bond donors (Lipinski definition) is 3. The van der Waals surface area contributed by atoms with Crippen molar-refractivity contribution >= 4 is 12.1 Å². The highest BCUT2D eigenvalue weighted by molar-refractivity contribution is 5.92. The average molecular weight is 258 g/mol. The lowest BCUT2D eigenvalue weighted by atomic mass is 10.2. The molecule has 0 radical (unpaired) electrons. The van der Waals surface area contributed by atoms with E-state index in [1.54, 1.807) is 0 Å². The fraction of sp³-hybridized carbons (Fsp3) is 0. The molecule has 1 aromatic heterocycles. The summed E-state index contributed by atoms with van der Waals surface area (Å²) in [6, 6.07) is 10.1. The molecule has 1 amide bonds. The van der Waals surface area contributed by atoms with Crippen LogP contribution in [0.5, 0.6) is 0 Å². The molecule has 0 spiro atoms. The SMILES string of the molecule is O=C(N/N=C/c1ccccc1)c1cc(=O)[nH]c(=O)[nH]1. The normalized spacial score (nSPS) is 10.5. The number of benzene rings is 1. The molecule has 0 aliphatic carbocycles. The van der Waals surface area contributed by atoms with E-state index in [4.69, 9.17) is 0 Å². The predicted molar refractivity (Wildman–Crippen MR) is 69.2 cm³/mol. The zero-order valence-electron chi connectivity index (χ0n) is 9.71. The molecule has 96 valence electrons. The molecule has 2 aromatic rings. The second-order valence-electron chi connectivity index (χ2n) is 3.61. The van der Waals surface area contributed by atoms with Gasteiger partial charge in [-0.25, -0.2) is 10.2 Å². The Morgan fingerprint density at radius 2 is 1.89 bits per heavy atom. The molecule has 7 nitrogen and oxygen atoms in total. The van der Waals surface area contributed by atoms with Gasteiger partial charge in [-0.3, -0.25) is 14.6 Å². The summed E-state index contributed by atoms with van der Waals surface area (Å²) in [6.45, 7) is 0. The van der Waals surface area contributed by atoms with Crippen molar-refractivity contribution in [1.82, 2.24) is 15.4 Å². The Morgan fingerprint density at radius 1 is 1.16 bits per heavy atom. The lowest BCUT2D eigenvalue weighted by Crippen LogP contribution is -2.28. The Labute approximate surface area is 107 Å². The monoisotopic (exact) mass is 258 g/mol. The van der Waals surface area contributed by atoms with Gasteiger partial charge in [0.05, 0.1) is 6.21 Å². The molecule has 0 saturated heterocycles. The van der Waals surface area contributed by atoms with E-state index >= 15 is 0 Å². The van der Waals surface area contributed by atoms with Gasteiger partial charge in [0.2, 0.25) is 0 Å². The first-order valence-electron chi connectivity index (χ1n) is 5.37. The smallest absolute Gasteiger partial charge is 0.303 e. The summed E-state index contributed by atoms with van der Waals surface area (Å²) in [6.07, 6.45) is 1.45. The number of hydrogen-bond acceptors (Lipinski definition) is 4. The van der Waals surface area contributed by atoms with Crippen molar-refractivity contribution in [3.63, 3.8) is 0 Å². The molecule has 0 fully saturated rings. The first-order chi connectivity index (χ1) is 9.15. The molecule has 1 aromatic carbocycles. The molecule has 2 rings (SSSR count). The van der Waals surface area contributed by atoms with Crippen LogP contribution in [0.1, 0.15) is 16.1 Å². The quantitative estimate of drug-likeness (QED) is 0.525. The zero-order chi connectivity index (χ0) is 13.7. The van der Waals surface area contributed by atoms with E-state index in [-0.39, 0.29) is 5.69 Å². The van der Waals surface area contributed by atoms with Gasteiger partial charge in [0.1, 0.15) is 5.69 Å². The molecular formula is C12H10N4O3. The maximum Gasteiger partial charge on any atom is 0.326 e. The van der Waals surface area contributed by atoms with E-state index in [1.807, 2.05) is 35.3 Å². The van der Waals surface area contributed by atoms with E-state index < -0.39 is 17.2 Å². The van der Waals surface area contributed by atoms with Crippen LogP contribution in [0.3, 0.4) is 0 Å². The molecular weight excluding hydrogens is 248 g/mol. The lowest BCUT2D eigenvalue weighted by molar-refractivity contribution is 0.0949. The maximum absolute atomic E-state index is 11.6. The van der Waals surface area contributed by atoms with Crippen LogP contribution in [0, 0.1) is 0 Å². The average Bonchev–Trinajstić information content (AvgIpc) is 2.38. The highest BCUT2D eigenvalue weighted by Gasteiger charge is 2.06. The molecule has 0 atom stereocenters. The van der Waals surface area contributed by atoms with Crippen LogP contribution < -0.4 is 16.7 Å². The summed E-state index contributed by atoms with van der Waals surface area (Å²) in [5.41, 5.74) is 1.47. The minimum Gasteiger partial charge on any atom is -0.303 e. The Morgan fingerprint density at radius 3 is 2.58 bits per heavy atom. The number of amides is 1. The van der Waals surface area contributed by atoms with Gasteiger partial charge < -0.3 is 4.98 Å². The van der Waals surface area contributed by atoms with Crippen LogP contribution in [-0.2, 0) is 0 Å². The van der Waals surface area contributed by atoms with Crippen molar-refractivity contribution in [2.45, 2.75) is 0 Å². The molecule has 0 aliphatic heterocycles. The van der Waals surface area contributed by atoms with Crippen molar-refractivity contribution in [2.24, 2.45) is 5.10 Å². The molecule has 7 heteroatoms. The van der Waals surface area contributed by atoms with Gasteiger partial charge in [0, 0.05) is 6.07 Å². The van der Waals surface area contributed by atoms with E-state index in [9.17, 15) is 14.4 Å². The summed E-state index contributed by atoms with van der Waals surface area (Å²) in [4.78, 5) is 37.8. The Kier molecular flexibility index (Phi) is 3.67. The standard InChI is InChI=1S/C12H10N4O3/c17-10-6-9(14-12(19)15-10)11(18)16-13-7-8-4-2-1-3-5-8/h1-7H,(H,16,18)(H2,14,15,17,19)/b13-7+. The molecule has 0 bridgehead atoms. The van der Waals surface area contributed by atoms with Crippen LogP contribution >= 0.6 is 0 Å². The van der Waals surface area contributed by atoms with Gasteiger partial charge >= 0.3 is 5.69 Å². The fourth-order valence-electron chi connectivity index (χ4n) is 1.36. The Hall–Kier alpha value is -2.96. The number of nitrogens with one attached hydrogen (secondary N) is 3. The van der Waals surface area contributed by atoms with Gasteiger partial charge in [-0.2, -0.15) is 5.10 Å². The summed E-state index contributed by atoms with van der Waals surface area (Å²) in [5.74, 6) is -0.671. The second kappa shape index (κ2) is 5.58. The summed E-state index contributed by atoms with van der Waals surface area (Å²) < 4.78 is 0. The van der Waals surface area contributed by atoms with Crippen molar-refractivity contribution in [2.75, 3.05) is 0 Å². The number of carbonyl (C=O) groups excluding carboxylic acids is 1. The molecule has 1 heterocycles. The number of aromatic nitrogens is 2. The van der Waals surface area contributed by atoms with Gasteiger partial charge in [-0.05, 0) is 5.56 Å². The van der Waals surface area contributed by atoms with Crippen LogP contribution in [0.15, 0.2) is 51.1 Å². The van der Waals surface area contributed by atoms with Crippen molar-refractivity contribution < 1.29 is 4.79 Å². The van der Waals surface area contributed by atoms with Crippen LogP contribution in [0.4, 0.5) is 0 Å². The minimum absolute atomic E-state index is 0.154. The number of carbonyl (C=O) groups is 1. The van der Waals surface area contributed by atoms with Gasteiger partial charge in [-0.1, -0.05) is 30.3 Å². The lowest BCUT2D eigenvalue weighted by Gasteiger charge is -1.98. The van der Waals surface area contributed by atoms with Crippen LogP contribution in [0.2, 0.25) is 0 Å². The Bertz CT molecular complexity index is 687. The number of nitrogens with zero attached hydrogens (tertiary/aromatic N) is 1. The highest BCUT2D eigenvalue weighted by Crippen LogP contribution is 1.93. The number of aromatic amines is 2. The molecule has 3 N–H and O–H groups in total. The van der Waals surface area contributed by atoms with Crippen LogP contribution in [0.25, 0.3) is 0 Å². The molecule has 0 aliphatic rings. The molecule has 0 saturated carbocycles. The van der Waals surface area contributed by atoms with Gasteiger partial charge in [0.25, 0.3) is 11.5 Å². The third-order valence-corrected chi connectivity index (χ3v) is 2.18. The van der Waals surface area contributed by atoms with E-state index in [0.29, 0.717) is 0 Å². The predicted octanol–water partition coefficient (Wildman–Crippen LogP) is -0.173. The van der Waals surface area contributed by atoms with Gasteiger partial charge in [-0.15, -0.1) is 0 Å². The van der Waals surface area contributed by atoms with E-state index in [1.165, 1.54) is 6.21 Å². The summed E-state index contributed by atoms with van der Waals surface area (Å²) >= 11 is 0. The first-order valence-corrected chi connectivity index (χ1v) is 5.37. The summed E-state index contributed by atoms with van der Waals surface area (Å²) in [5, 5.41) is 3.72. The minimum atomic E-state index is -0.746. The van der Waals surface area contributed by atoms with Crippen molar-refractivity contribution in [3.05, 3.63) is 68.5 Å². The van der Waals surface area contributed by atoms with Crippen LogP contribution in [-0.4, -0.2) is 22.1 Å². The van der Waals surface area contributed by atoms with E-state index in [2.05, 4.69) is 15.5 Å². The number of rotatable bonds is 3. The van der Waals surface area contributed by atoms with Gasteiger partial charge in [0.15, 0.2) is 0 Å². The Balaban J connectivity index is 2.08. The number of hydrazone groups is 1. The summed E-state index contributed by atoms with van der Waals surface area (Å²) in [7, 11) is 0. The third-order valence-electron chi connectivity index (χ3n) is 2.18. The highest BCUT2D eigenvalue weighted by atomic mass is 16.2. The third kappa shape index (κ3) is 3.50. The largest absolute Gasteiger partial charge is 0.326 e.